The number of fused-ring (bicyclic) bond motifs is 1. The van der Waals surface area contributed by atoms with Crippen LogP contribution in [0.5, 0.6) is 0 Å². The maximum Gasteiger partial charge on any atom is 0.261 e. The Bertz CT molecular complexity index is 967. The molecule has 2 aliphatic rings. The molecule has 27 heavy (non-hydrogen) atoms. The fraction of sp³-hybridized carbons (Fsp3) is 0.368. The highest BCUT2D eigenvalue weighted by Gasteiger charge is 2.26. The second kappa shape index (κ2) is 6.84. The van der Waals surface area contributed by atoms with Gasteiger partial charge in [-0.25, -0.2) is 13.4 Å². The number of anilines is 3. The van der Waals surface area contributed by atoms with Gasteiger partial charge < -0.3 is 10.2 Å². The number of hydrogen-bond donors (Lipinski definition) is 2. The molecule has 8 heteroatoms. The van der Waals surface area contributed by atoms with Gasteiger partial charge in [-0.2, -0.15) is 0 Å². The van der Waals surface area contributed by atoms with Gasteiger partial charge >= 0.3 is 0 Å². The van der Waals surface area contributed by atoms with Gasteiger partial charge in [0.2, 0.25) is 5.91 Å². The van der Waals surface area contributed by atoms with E-state index < -0.39 is 10.0 Å². The van der Waals surface area contributed by atoms with Gasteiger partial charge in [0.25, 0.3) is 10.0 Å². The van der Waals surface area contributed by atoms with Crippen molar-refractivity contribution >= 4 is 33.1 Å². The second-order valence-corrected chi connectivity index (χ2v) is 8.77. The molecule has 1 aromatic heterocycles. The molecule has 1 aliphatic carbocycles. The minimum absolute atomic E-state index is 0.0398. The number of likely N-dealkylation sites (N-methyl/N-ethyl adjacent to an activating group) is 1. The summed E-state index contributed by atoms with van der Waals surface area (Å²) in [5.41, 5.74) is 1.88. The van der Waals surface area contributed by atoms with Gasteiger partial charge in [0, 0.05) is 18.8 Å². The lowest BCUT2D eigenvalue weighted by atomic mass is 10.2. The minimum Gasteiger partial charge on any atom is -0.367 e. The van der Waals surface area contributed by atoms with E-state index in [9.17, 15) is 13.2 Å². The van der Waals surface area contributed by atoms with E-state index in [1.165, 1.54) is 25.1 Å². The van der Waals surface area contributed by atoms with Crippen LogP contribution >= 0.6 is 0 Å². The van der Waals surface area contributed by atoms with E-state index in [-0.39, 0.29) is 17.2 Å². The summed E-state index contributed by atoms with van der Waals surface area (Å²) in [7, 11) is -2.06. The first-order valence-electron chi connectivity index (χ1n) is 9.07. The summed E-state index contributed by atoms with van der Waals surface area (Å²) in [6.07, 6.45) is 6.49. The fourth-order valence-corrected chi connectivity index (χ4v) is 4.74. The molecule has 1 aromatic carbocycles. The number of carbonyl (C=O) groups is 1. The Balaban J connectivity index is 1.48. The monoisotopic (exact) mass is 386 g/mol. The van der Waals surface area contributed by atoms with Crippen LogP contribution in [0.25, 0.3) is 0 Å². The third-order valence-electron chi connectivity index (χ3n) is 5.16. The van der Waals surface area contributed by atoms with Crippen LogP contribution in [0, 0.1) is 0 Å². The molecule has 0 saturated heterocycles. The zero-order valence-electron chi connectivity index (χ0n) is 15.1. The smallest absolute Gasteiger partial charge is 0.261 e. The molecule has 0 radical (unpaired) electrons. The van der Waals surface area contributed by atoms with Gasteiger partial charge in [0.05, 0.1) is 23.2 Å². The summed E-state index contributed by atoms with van der Waals surface area (Å²) in [6.45, 7) is 0. The number of aromatic nitrogens is 1. The van der Waals surface area contributed by atoms with E-state index in [4.69, 9.17) is 0 Å². The van der Waals surface area contributed by atoms with Crippen LogP contribution in [0.2, 0.25) is 0 Å². The molecule has 2 aromatic rings. The second-order valence-electron chi connectivity index (χ2n) is 7.08. The Morgan fingerprint density at radius 2 is 1.93 bits per heavy atom. The molecular weight excluding hydrogens is 364 g/mol. The molecular formula is C19H22N4O3S. The SMILES string of the molecule is CN1C(=O)Cc2cc(S(=O)(=O)Nc3ccc(NC4CCCC4)nc3)ccc21. The number of pyridine rings is 1. The third kappa shape index (κ3) is 3.62. The summed E-state index contributed by atoms with van der Waals surface area (Å²) < 4.78 is 27.9. The summed E-state index contributed by atoms with van der Waals surface area (Å²) in [5.74, 6) is 0.714. The maximum atomic E-state index is 12.7. The highest BCUT2D eigenvalue weighted by Crippen LogP contribution is 2.30. The van der Waals surface area contributed by atoms with Crippen molar-refractivity contribution in [1.82, 2.24) is 4.98 Å². The number of nitrogens with one attached hydrogen (secondary N) is 2. The Kier molecular flexibility index (Phi) is 4.51. The molecule has 0 unspecified atom stereocenters. The van der Waals surface area contributed by atoms with Gasteiger partial charge in [-0.3, -0.25) is 9.52 Å². The van der Waals surface area contributed by atoms with Crippen LogP contribution < -0.4 is 14.9 Å². The number of benzene rings is 1. The first-order chi connectivity index (χ1) is 12.9. The zero-order chi connectivity index (χ0) is 19.0. The van der Waals surface area contributed by atoms with Crippen molar-refractivity contribution in [2.45, 2.75) is 43.0 Å². The standard InChI is InChI=1S/C19H22N4O3S/c1-23-17-8-7-16(10-13(17)11-19(23)24)27(25,26)22-15-6-9-18(20-12-15)21-14-4-2-3-5-14/h6-10,12,14,22H,2-5,11H2,1H3,(H,20,21). The summed E-state index contributed by atoms with van der Waals surface area (Å²) in [4.78, 5) is 17.8. The van der Waals surface area contributed by atoms with Gasteiger partial charge in [-0.05, 0) is 48.7 Å². The third-order valence-corrected chi connectivity index (χ3v) is 6.54. The topological polar surface area (TPSA) is 91.4 Å². The van der Waals surface area contributed by atoms with E-state index in [1.807, 2.05) is 0 Å². The Hall–Kier alpha value is -2.61. The zero-order valence-corrected chi connectivity index (χ0v) is 15.9. The van der Waals surface area contributed by atoms with Crippen LogP contribution in [0.4, 0.5) is 17.2 Å². The van der Waals surface area contributed by atoms with E-state index in [0.29, 0.717) is 11.7 Å². The largest absolute Gasteiger partial charge is 0.367 e. The molecule has 4 rings (SSSR count). The van der Waals surface area contributed by atoms with Crippen molar-refractivity contribution in [3.63, 3.8) is 0 Å². The molecule has 2 heterocycles. The molecule has 1 aliphatic heterocycles. The predicted octanol–water partition coefficient (Wildman–Crippen LogP) is 2.76. The molecule has 2 N–H and O–H groups in total. The Labute approximate surface area is 158 Å². The minimum atomic E-state index is -3.75. The van der Waals surface area contributed by atoms with Crippen LogP contribution in [0.15, 0.2) is 41.4 Å². The van der Waals surface area contributed by atoms with Crippen LogP contribution in [-0.4, -0.2) is 32.4 Å². The van der Waals surface area contributed by atoms with Gasteiger partial charge in [-0.1, -0.05) is 12.8 Å². The van der Waals surface area contributed by atoms with Crippen LogP contribution in [0.3, 0.4) is 0 Å². The first kappa shape index (κ1) is 17.8. The maximum absolute atomic E-state index is 12.7. The number of nitrogens with zero attached hydrogens (tertiary/aromatic N) is 2. The lowest BCUT2D eigenvalue weighted by molar-refractivity contribution is -0.117. The van der Waals surface area contributed by atoms with Crippen LogP contribution in [-0.2, 0) is 21.2 Å². The molecule has 1 saturated carbocycles. The number of sulfonamides is 1. The van der Waals surface area contributed by atoms with Gasteiger partial charge in [0.15, 0.2) is 0 Å². The number of carbonyl (C=O) groups excluding carboxylic acids is 1. The summed E-state index contributed by atoms with van der Waals surface area (Å²) >= 11 is 0. The molecule has 0 spiro atoms. The van der Waals surface area contributed by atoms with Crippen molar-refractivity contribution in [2.75, 3.05) is 22.0 Å². The van der Waals surface area contributed by atoms with Crippen molar-refractivity contribution in [2.24, 2.45) is 0 Å². The van der Waals surface area contributed by atoms with Crippen molar-refractivity contribution < 1.29 is 13.2 Å². The molecule has 0 bridgehead atoms. The number of amides is 1. The molecule has 142 valence electrons. The lowest BCUT2D eigenvalue weighted by Gasteiger charge is -2.14. The highest BCUT2D eigenvalue weighted by atomic mass is 32.2. The van der Waals surface area contributed by atoms with Gasteiger partial charge in [0.1, 0.15) is 5.82 Å². The molecule has 0 atom stereocenters. The van der Waals surface area contributed by atoms with E-state index in [1.54, 1.807) is 36.2 Å². The van der Waals surface area contributed by atoms with E-state index >= 15 is 0 Å². The number of hydrogen-bond acceptors (Lipinski definition) is 5. The van der Waals surface area contributed by atoms with Gasteiger partial charge in [-0.15, -0.1) is 0 Å². The normalized spacial score (nSPS) is 17.2. The molecule has 1 amide bonds. The summed E-state index contributed by atoms with van der Waals surface area (Å²) in [6, 6.07) is 8.68. The van der Waals surface area contributed by atoms with E-state index in [2.05, 4.69) is 15.0 Å². The average Bonchev–Trinajstić information content (AvgIpc) is 3.25. The highest BCUT2D eigenvalue weighted by molar-refractivity contribution is 7.92. The Morgan fingerprint density at radius 1 is 1.15 bits per heavy atom. The fourth-order valence-electron chi connectivity index (χ4n) is 3.65. The molecule has 1 fully saturated rings. The quantitative estimate of drug-likeness (QED) is 0.824. The number of rotatable bonds is 5. The van der Waals surface area contributed by atoms with Crippen LogP contribution in [0.1, 0.15) is 31.2 Å². The summed E-state index contributed by atoms with van der Waals surface area (Å²) in [5, 5.41) is 3.37. The Morgan fingerprint density at radius 3 is 2.63 bits per heavy atom. The van der Waals surface area contributed by atoms with E-state index in [0.717, 1.165) is 29.9 Å². The predicted molar refractivity (Wildman–Crippen MR) is 104 cm³/mol. The molecule has 7 nitrogen and oxygen atoms in total. The van der Waals surface area contributed by atoms with Crippen molar-refractivity contribution in [3.8, 4) is 0 Å². The average molecular weight is 386 g/mol. The van der Waals surface area contributed by atoms with Crippen molar-refractivity contribution in [3.05, 3.63) is 42.1 Å². The van der Waals surface area contributed by atoms with Crippen molar-refractivity contribution in [1.29, 1.82) is 0 Å². The lowest BCUT2D eigenvalue weighted by Crippen LogP contribution is -2.20. The first-order valence-corrected chi connectivity index (χ1v) is 10.6.